The number of Topliss-reactive ketones (excluding diaryl/α,β-unsaturated/α-hetero) is 1. The first-order valence-electron chi connectivity index (χ1n) is 8.95. The molecule has 1 heterocycles. The highest BCUT2D eigenvalue weighted by atomic mass is 16.5. The number of carbonyl (C=O) groups excluding carboxylic acids is 2. The standard InChI is InChI=1S/C23H22N2O3/c1-14-10-18(4-6-21(14)23(24)27)22-12-17(8-9-25-22)13-28-19-5-7-20(16(3)26)15(2)11-19/h4-12H,13H2,1-3H3,(H2,24,27). The van der Waals surface area contributed by atoms with Crippen LogP contribution in [0.4, 0.5) is 0 Å². The van der Waals surface area contributed by atoms with Gasteiger partial charge in [-0.25, -0.2) is 0 Å². The molecule has 0 unspecified atom stereocenters. The lowest BCUT2D eigenvalue weighted by atomic mass is 10.0. The minimum atomic E-state index is -0.440. The minimum Gasteiger partial charge on any atom is -0.489 e. The van der Waals surface area contributed by atoms with Gasteiger partial charge in [0.2, 0.25) is 5.91 Å². The van der Waals surface area contributed by atoms with Gasteiger partial charge in [-0.2, -0.15) is 0 Å². The van der Waals surface area contributed by atoms with Crippen LogP contribution in [0.25, 0.3) is 11.3 Å². The molecule has 3 rings (SSSR count). The van der Waals surface area contributed by atoms with Gasteiger partial charge in [-0.1, -0.05) is 6.07 Å². The van der Waals surface area contributed by atoms with Gasteiger partial charge < -0.3 is 10.5 Å². The quantitative estimate of drug-likeness (QED) is 0.654. The number of nitrogens with two attached hydrogens (primary N) is 1. The first-order chi connectivity index (χ1) is 13.3. The molecule has 0 spiro atoms. The summed E-state index contributed by atoms with van der Waals surface area (Å²) >= 11 is 0. The summed E-state index contributed by atoms with van der Waals surface area (Å²) in [6.07, 6.45) is 1.73. The fourth-order valence-corrected chi connectivity index (χ4v) is 3.11. The molecule has 0 bridgehead atoms. The number of ether oxygens (including phenoxy) is 1. The number of amides is 1. The lowest BCUT2D eigenvalue weighted by molar-refractivity contribution is 0.0995. The molecule has 2 aromatic carbocycles. The van der Waals surface area contributed by atoms with E-state index in [9.17, 15) is 9.59 Å². The van der Waals surface area contributed by atoms with Crippen molar-refractivity contribution in [2.45, 2.75) is 27.4 Å². The molecule has 0 aliphatic rings. The van der Waals surface area contributed by atoms with Crippen LogP contribution in [0.1, 0.15) is 44.3 Å². The summed E-state index contributed by atoms with van der Waals surface area (Å²) in [5.41, 5.74) is 11.0. The third-order valence-corrected chi connectivity index (χ3v) is 4.59. The smallest absolute Gasteiger partial charge is 0.248 e. The normalized spacial score (nSPS) is 10.5. The molecular weight excluding hydrogens is 352 g/mol. The summed E-state index contributed by atoms with van der Waals surface area (Å²) in [7, 11) is 0. The Morgan fingerprint density at radius 3 is 2.32 bits per heavy atom. The van der Waals surface area contributed by atoms with E-state index in [4.69, 9.17) is 10.5 Å². The number of hydrogen-bond acceptors (Lipinski definition) is 4. The molecular formula is C23H22N2O3. The molecule has 1 amide bonds. The number of carbonyl (C=O) groups is 2. The van der Waals surface area contributed by atoms with Crippen LogP contribution in [0.3, 0.4) is 0 Å². The maximum Gasteiger partial charge on any atom is 0.248 e. The van der Waals surface area contributed by atoms with Crippen molar-refractivity contribution in [2.24, 2.45) is 5.73 Å². The predicted molar refractivity (Wildman–Crippen MR) is 108 cm³/mol. The fourth-order valence-electron chi connectivity index (χ4n) is 3.11. The second-order valence-corrected chi connectivity index (χ2v) is 6.76. The predicted octanol–water partition coefficient (Wildman–Crippen LogP) is 4.25. The molecule has 2 N–H and O–H groups in total. The Hall–Kier alpha value is -3.47. The zero-order valence-electron chi connectivity index (χ0n) is 16.2. The van der Waals surface area contributed by atoms with Crippen molar-refractivity contribution in [3.05, 3.63) is 82.5 Å². The number of hydrogen-bond donors (Lipinski definition) is 1. The maximum absolute atomic E-state index is 11.5. The monoisotopic (exact) mass is 374 g/mol. The number of ketones is 1. The topological polar surface area (TPSA) is 82.3 Å². The van der Waals surface area contributed by atoms with Crippen molar-refractivity contribution in [3.63, 3.8) is 0 Å². The number of rotatable bonds is 6. The number of nitrogens with zero attached hydrogens (tertiary/aromatic N) is 1. The zero-order chi connectivity index (χ0) is 20.3. The fraction of sp³-hybridized carbons (Fsp3) is 0.174. The van der Waals surface area contributed by atoms with Gasteiger partial charge in [-0.3, -0.25) is 14.6 Å². The van der Waals surface area contributed by atoms with Crippen LogP contribution < -0.4 is 10.5 Å². The van der Waals surface area contributed by atoms with Gasteiger partial charge in [0.15, 0.2) is 5.78 Å². The first kappa shape index (κ1) is 19.3. The highest BCUT2D eigenvalue weighted by Gasteiger charge is 2.09. The van der Waals surface area contributed by atoms with Crippen molar-refractivity contribution in [2.75, 3.05) is 0 Å². The van der Waals surface area contributed by atoms with Crippen LogP contribution in [0.15, 0.2) is 54.7 Å². The molecule has 0 fully saturated rings. The van der Waals surface area contributed by atoms with Gasteiger partial charge in [-0.15, -0.1) is 0 Å². The number of aromatic nitrogens is 1. The van der Waals surface area contributed by atoms with Crippen LogP contribution in [0.5, 0.6) is 5.75 Å². The van der Waals surface area contributed by atoms with E-state index in [2.05, 4.69) is 4.98 Å². The van der Waals surface area contributed by atoms with E-state index in [0.717, 1.165) is 27.9 Å². The Labute approximate surface area is 164 Å². The highest BCUT2D eigenvalue weighted by molar-refractivity contribution is 5.95. The van der Waals surface area contributed by atoms with Crippen molar-refractivity contribution >= 4 is 11.7 Å². The molecule has 0 atom stereocenters. The Bertz CT molecular complexity index is 1060. The lowest BCUT2D eigenvalue weighted by Gasteiger charge is -2.10. The lowest BCUT2D eigenvalue weighted by Crippen LogP contribution is -2.12. The molecule has 0 radical (unpaired) electrons. The van der Waals surface area contributed by atoms with Gasteiger partial charge in [0.05, 0.1) is 5.69 Å². The van der Waals surface area contributed by atoms with E-state index < -0.39 is 5.91 Å². The van der Waals surface area contributed by atoms with Crippen molar-refractivity contribution in [3.8, 4) is 17.0 Å². The maximum atomic E-state index is 11.5. The van der Waals surface area contributed by atoms with Crippen molar-refractivity contribution in [1.29, 1.82) is 0 Å². The van der Waals surface area contributed by atoms with Gasteiger partial charge in [0, 0.05) is 22.9 Å². The summed E-state index contributed by atoms with van der Waals surface area (Å²) in [5, 5.41) is 0. The number of pyridine rings is 1. The first-order valence-corrected chi connectivity index (χ1v) is 8.95. The van der Waals surface area contributed by atoms with E-state index in [0.29, 0.717) is 23.5 Å². The average molecular weight is 374 g/mol. The van der Waals surface area contributed by atoms with Crippen LogP contribution in [0, 0.1) is 13.8 Å². The van der Waals surface area contributed by atoms with Crippen LogP contribution in [-0.2, 0) is 6.61 Å². The second kappa shape index (κ2) is 8.05. The third kappa shape index (κ3) is 4.26. The van der Waals surface area contributed by atoms with E-state index in [1.54, 1.807) is 31.3 Å². The van der Waals surface area contributed by atoms with E-state index in [1.165, 1.54) is 0 Å². The Morgan fingerprint density at radius 1 is 0.964 bits per heavy atom. The van der Waals surface area contributed by atoms with Gasteiger partial charge in [0.1, 0.15) is 12.4 Å². The van der Waals surface area contributed by atoms with Crippen molar-refractivity contribution < 1.29 is 14.3 Å². The minimum absolute atomic E-state index is 0.0421. The molecule has 28 heavy (non-hydrogen) atoms. The molecule has 0 saturated heterocycles. The largest absolute Gasteiger partial charge is 0.489 e. The molecule has 0 aliphatic heterocycles. The molecule has 1 aromatic heterocycles. The van der Waals surface area contributed by atoms with Crippen LogP contribution in [-0.4, -0.2) is 16.7 Å². The van der Waals surface area contributed by atoms with E-state index >= 15 is 0 Å². The Kier molecular flexibility index (Phi) is 5.54. The zero-order valence-corrected chi connectivity index (χ0v) is 16.2. The summed E-state index contributed by atoms with van der Waals surface area (Å²) < 4.78 is 5.87. The van der Waals surface area contributed by atoms with Crippen LogP contribution in [0.2, 0.25) is 0 Å². The highest BCUT2D eigenvalue weighted by Crippen LogP contribution is 2.23. The molecule has 142 valence electrons. The summed E-state index contributed by atoms with van der Waals surface area (Å²) in [5.74, 6) is 0.313. The Balaban J connectivity index is 1.77. The number of aryl methyl sites for hydroxylation is 2. The molecule has 0 aliphatic carbocycles. The second-order valence-electron chi connectivity index (χ2n) is 6.76. The van der Waals surface area contributed by atoms with Gasteiger partial charge in [-0.05, 0) is 79.9 Å². The Morgan fingerprint density at radius 2 is 1.68 bits per heavy atom. The molecule has 5 heteroatoms. The molecule has 0 saturated carbocycles. The third-order valence-electron chi connectivity index (χ3n) is 4.59. The van der Waals surface area contributed by atoms with Crippen molar-refractivity contribution in [1.82, 2.24) is 4.98 Å². The summed E-state index contributed by atoms with van der Waals surface area (Å²) in [6.45, 7) is 5.68. The molecule has 3 aromatic rings. The summed E-state index contributed by atoms with van der Waals surface area (Å²) in [4.78, 5) is 27.4. The SMILES string of the molecule is CC(=O)c1ccc(OCc2ccnc(-c3ccc(C(N)=O)c(C)c3)c2)cc1C. The summed E-state index contributed by atoms with van der Waals surface area (Å²) in [6, 6.07) is 14.8. The molecule has 5 nitrogen and oxygen atoms in total. The van der Waals surface area contributed by atoms with E-state index in [-0.39, 0.29) is 5.78 Å². The van der Waals surface area contributed by atoms with Crippen LogP contribution >= 0.6 is 0 Å². The number of primary amides is 1. The number of benzene rings is 2. The average Bonchev–Trinajstić information content (AvgIpc) is 2.66. The van der Waals surface area contributed by atoms with E-state index in [1.807, 2.05) is 44.2 Å². The van der Waals surface area contributed by atoms with Gasteiger partial charge >= 0.3 is 0 Å². The van der Waals surface area contributed by atoms with Gasteiger partial charge in [0.25, 0.3) is 0 Å².